The molecule has 0 bridgehead atoms. The maximum Gasteiger partial charge on any atom is 0.340 e. The lowest BCUT2D eigenvalue weighted by Gasteiger charge is -2.14. The summed E-state index contributed by atoms with van der Waals surface area (Å²) in [4.78, 5) is 15.4. The number of thiocarbonyl (C=S) groups is 1. The zero-order valence-corrected chi connectivity index (χ0v) is 20.7. The van der Waals surface area contributed by atoms with E-state index < -0.39 is 5.97 Å². The molecular weight excluding hydrogens is 492 g/mol. The Kier molecular flexibility index (Phi) is 7.67. The molecule has 0 aliphatic rings. The second kappa shape index (κ2) is 10.9. The first kappa shape index (κ1) is 23.3. The number of methoxy groups -OCH3 is 1. The number of carbonyl (C=O) groups excluding carboxylic acids is 1. The van der Waals surface area contributed by atoms with Crippen molar-refractivity contribution in [3.8, 4) is 10.4 Å². The SMILES string of the molecule is COC(=O)c1cc(-c2ccccc2)sc1NC(=S)Nc1ccccc1Sc1ccc(Cl)cc1. The lowest BCUT2D eigenvalue weighted by molar-refractivity contribution is 0.0602. The summed E-state index contributed by atoms with van der Waals surface area (Å²) >= 11 is 14.6. The third kappa shape index (κ3) is 5.94. The zero-order chi connectivity index (χ0) is 23.2. The van der Waals surface area contributed by atoms with Crippen molar-refractivity contribution >= 4 is 68.7 Å². The van der Waals surface area contributed by atoms with Crippen LogP contribution in [0.1, 0.15) is 10.4 Å². The van der Waals surface area contributed by atoms with E-state index in [4.69, 9.17) is 28.6 Å². The standard InChI is InChI=1S/C25H19ClN2O2S3/c1-30-24(29)19-15-22(16-7-3-2-4-8-16)33-23(19)28-25(31)27-20-9-5-6-10-21(20)32-18-13-11-17(26)12-14-18/h2-15H,1H3,(H2,27,28,31). The number of ether oxygens (including phenoxy) is 1. The highest BCUT2D eigenvalue weighted by Gasteiger charge is 2.19. The number of halogens is 1. The van der Waals surface area contributed by atoms with Crippen LogP contribution in [0.15, 0.2) is 94.7 Å². The topological polar surface area (TPSA) is 50.4 Å². The fraction of sp³-hybridized carbons (Fsp3) is 0.0400. The molecule has 0 unspecified atom stereocenters. The fourth-order valence-electron chi connectivity index (χ4n) is 3.04. The number of hydrogen-bond donors (Lipinski definition) is 2. The van der Waals surface area contributed by atoms with Crippen LogP contribution in [-0.2, 0) is 4.74 Å². The molecule has 0 spiro atoms. The lowest BCUT2D eigenvalue weighted by Crippen LogP contribution is -2.20. The van der Waals surface area contributed by atoms with E-state index in [0.717, 1.165) is 25.9 Å². The molecule has 0 fully saturated rings. The summed E-state index contributed by atoms with van der Waals surface area (Å²) in [6.07, 6.45) is 0. The van der Waals surface area contributed by atoms with Gasteiger partial charge in [0.25, 0.3) is 0 Å². The molecule has 166 valence electrons. The number of hydrogen-bond acceptors (Lipinski definition) is 5. The zero-order valence-electron chi connectivity index (χ0n) is 17.5. The second-order valence-corrected chi connectivity index (χ2v) is 9.85. The molecule has 0 atom stereocenters. The van der Waals surface area contributed by atoms with Crippen molar-refractivity contribution in [1.29, 1.82) is 0 Å². The minimum atomic E-state index is -0.419. The van der Waals surface area contributed by atoms with Crippen LogP contribution in [0, 0.1) is 0 Å². The molecule has 0 aliphatic heterocycles. The van der Waals surface area contributed by atoms with Crippen LogP contribution >= 0.6 is 46.9 Å². The summed E-state index contributed by atoms with van der Waals surface area (Å²) in [5.41, 5.74) is 2.31. The van der Waals surface area contributed by atoms with Gasteiger partial charge in [-0.2, -0.15) is 0 Å². The highest BCUT2D eigenvalue weighted by molar-refractivity contribution is 7.99. The quantitative estimate of drug-likeness (QED) is 0.204. The van der Waals surface area contributed by atoms with E-state index in [1.807, 2.05) is 84.9 Å². The summed E-state index contributed by atoms with van der Waals surface area (Å²) in [5, 5.41) is 8.13. The van der Waals surface area contributed by atoms with Crippen molar-refractivity contribution in [2.45, 2.75) is 9.79 Å². The maximum absolute atomic E-state index is 12.4. The molecular formula is C25H19ClN2O2S3. The Hall–Kier alpha value is -2.84. The minimum Gasteiger partial charge on any atom is -0.465 e. The summed E-state index contributed by atoms with van der Waals surface area (Å²) < 4.78 is 4.97. The minimum absolute atomic E-state index is 0.380. The van der Waals surface area contributed by atoms with Crippen LogP contribution in [0.5, 0.6) is 0 Å². The van der Waals surface area contributed by atoms with Gasteiger partial charge >= 0.3 is 5.97 Å². The number of benzene rings is 3. The average Bonchev–Trinajstić information content (AvgIpc) is 3.25. The third-order valence-corrected chi connectivity index (χ3v) is 7.24. The first-order chi connectivity index (χ1) is 16.0. The summed E-state index contributed by atoms with van der Waals surface area (Å²) in [7, 11) is 1.37. The molecule has 4 rings (SSSR count). The Bertz CT molecular complexity index is 1270. The molecule has 33 heavy (non-hydrogen) atoms. The van der Waals surface area contributed by atoms with Crippen molar-refractivity contribution < 1.29 is 9.53 Å². The Balaban J connectivity index is 1.54. The Morgan fingerprint density at radius 2 is 1.67 bits per heavy atom. The van der Waals surface area contributed by atoms with Crippen molar-refractivity contribution in [1.82, 2.24) is 0 Å². The van der Waals surface area contributed by atoms with Crippen LogP contribution < -0.4 is 10.6 Å². The average molecular weight is 511 g/mol. The first-order valence-corrected chi connectivity index (χ1v) is 12.3. The predicted molar refractivity (Wildman–Crippen MR) is 143 cm³/mol. The van der Waals surface area contributed by atoms with Gasteiger partial charge < -0.3 is 15.4 Å². The van der Waals surface area contributed by atoms with Gasteiger partial charge in [-0.3, -0.25) is 0 Å². The molecule has 0 radical (unpaired) electrons. The van der Waals surface area contributed by atoms with E-state index >= 15 is 0 Å². The van der Waals surface area contributed by atoms with E-state index in [2.05, 4.69) is 10.6 Å². The second-order valence-electron chi connectivity index (χ2n) is 6.84. The van der Waals surface area contributed by atoms with E-state index in [1.54, 1.807) is 11.8 Å². The number of anilines is 2. The monoisotopic (exact) mass is 510 g/mol. The molecule has 0 saturated carbocycles. The maximum atomic E-state index is 12.4. The number of esters is 1. The Morgan fingerprint density at radius 3 is 2.39 bits per heavy atom. The van der Waals surface area contributed by atoms with Gasteiger partial charge in [0, 0.05) is 19.7 Å². The van der Waals surface area contributed by atoms with Crippen LogP contribution in [0.2, 0.25) is 5.02 Å². The smallest absolute Gasteiger partial charge is 0.340 e. The highest BCUT2D eigenvalue weighted by atomic mass is 35.5. The summed E-state index contributed by atoms with van der Waals surface area (Å²) in [6, 6.07) is 27.2. The van der Waals surface area contributed by atoms with Crippen LogP contribution in [0.25, 0.3) is 10.4 Å². The number of carbonyl (C=O) groups is 1. The van der Waals surface area contributed by atoms with Gasteiger partial charge in [-0.05, 0) is 60.2 Å². The number of para-hydroxylation sites is 1. The van der Waals surface area contributed by atoms with Crippen LogP contribution in [0.4, 0.5) is 10.7 Å². The molecule has 4 nitrogen and oxygen atoms in total. The molecule has 0 amide bonds. The molecule has 1 aromatic heterocycles. The van der Waals surface area contributed by atoms with E-state index in [9.17, 15) is 4.79 Å². The summed E-state index contributed by atoms with van der Waals surface area (Å²) in [5.74, 6) is -0.419. The summed E-state index contributed by atoms with van der Waals surface area (Å²) in [6.45, 7) is 0. The van der Waals surface area contributed by atoms with Gasteiger partial charge in [0.15, 0.2) is 5.11 Å². The van der Waals surface area contributed by atoms with Gasteiger partial charge in [-0.15, -0.1) is 11.3 Å². The van der Waals surface area contributed by atoms with E-state index in [0.29, 0.717) is 20.7 Å². The lowest BCUT2D eigenvalue weighted by atomic mass is 10.1. The van der Waals surface area contributed by atoms with Crippen LogP contribution in [0.3, 0.4) is 0 Å². The van der Waals surface area contributed by atoms with Gasteiger partial charge in [-0.1, -0.05) is 65.8 Å². The number of rotatable bonds is 6. The Morgan fingerprint density at radius 1 is 0.970 bits per heavy atom. The fourth-order valence-corrected chi connectivity index (χ4v) is 5.40. The highest BCUT2D eigenvalue weighted by Crippen LogP contribution is 2.37. The Labute approximate surface area is 210 Å². The molecule has 0 aliphatic carbocycles. The largest absolute Gasteiger partial charge is 0.465 e. The van der Waals surface area contributed by atoms with Crippen molar-refractivity contribution in [3.63, 3.8) is 0 Å². The van der Waals surface area contributed by atoms with E-state index in [1.165, 1.54) is 18.4 Å². The molecule has 3 aromatic carbocycles. The van der Waals surface area contributed by atoms with Crippen molar-refractivity contribution in [2.24, 2.45) is 0 Å². The number of nitrogens with one attached hydrogen (secondary N) is 2. The van der Waals surface area contributed by atoms with Crippen molar-refractivity contribution in [2.75, 3.05) is 17.7 Å². The number of thiophene rings is 1. The molecule has 8 heteroatoms. The van der Waals surface area contributed by atoms with Gasteiger partial charge in [0.1, 0.15) is 5.00 Å². The first-order valence-electron chi connectivity index (χ1n) is 9.91. The normalized spacial score (nSPS) is 10.5. The third-order valence-electron chi connectivity index (χ3n) is 4.60. The predicted octanol–water partition coefficient (Wildman–Crippen LogP) is 7.82. The van der Waals surface area contributed by atoms with Gasteiger partial charge in [0.2, 0.25) is 0 Å². The van der Waals surface area contributed by atoms with Crippen LogP contribution in [-0.4, -0.2) is 18.2 Å². The molecule has 4 aromatic rings. The van der Waals surface area contributed by atoms with E-state index in [-0.39, 0.29) is 0 Å². The molecule has 1 heterocycles. The van der Waals surface area contributed by atoms with Crippen molar-refractivity contribution in [3.05, 3.63) is 95.5 Å². The molecule has 2 N–H and O–H groups in total. The van der Waals surface area contributed by atoms with Gasteiger partial charge in [-0.25, -0.2) is 4.79 Å². The van der Waals surface area contributed by atoms with Gasteiger partial charge in [0.05, 0.1) is 18.4 Å². The molecule has 0 saturated heterocycles.